The van der Waals surface area contributed by atoms with E-state index in [1.165, 1.54) is 28.4 Å². The van der Waals surface area contributed by atoms with Crippen molar-refractivity contribution in [1.29, 1.82) is 0 Å². The molecule has 0 N–H and O–H groups in total. The Morgan fingerprint density at radius 3 is 2.13 bits per heavy atom. The lowest BCUT2D eigenvalue weighted by atomic mass is 10.0. The molecule has 1 aliphatic heterocycles. The molecule has 0 spiro atoms. The summed E-state index contributed by atoms with van der Waals surface area (Å²) in [5.74, 6) is -0.0145. The van der Waals surface area contributed by atoms with E-state index in [2.05, 4.69) is 0 Å². The minimum Gasteiger partial charge on any atom is -0.493 e. The first kappa shape index (κ1) is 22.6. The van der Waals surface area contributed by atoms with Crippen LogP contribution in [0.2, 0.25) is 13.1 Å². The Morgan fingerprint density at radius 2 is 1.58 bits per heavy atom. The Kier molecular flexibility index (Phi) is 6.56. The molecule has 8 nitrogen and oxygen atoms in total. The topological polar surface area (TPSA) is 89.5 Å². The molecule has 0 radical (unpaired) electrons. The summed E-state index contributed by atoms with van der Waals surface area (Å²) in [4.78, 5) is 25.5. The number of methoxy groups -OCH3 is 4. The molecule has 1 aliphatic rings. The largest absolute Gasteiger partial charge is 0.493 e. The molecule has 9 heteroatoms. The number of fused-ring (bicyclic) bond motifs is 1. The number of hydrogen-bond acceptors (Lipinski definition) is 8. The van der Waals surface area contributed by atoms with Gasteiger partial charge >= 0.3 is 11.9 Å². The first-order chi connectivity index (χ1) is 14.8. The van der Waals surface area contributed by atoms with E-state index in [1.807, 2.05) is 13.1 Å². The van der Waals surface area contributed by atoms with Crippen molar-refractivity contribution in [2.24, 2.45) is 0 Å². The molecule has 0 aromatic heterocycles. The van der Waals surface area contributed by atoms with Crippen molar-refractivity contribution < 1.29 is 37.7 Å². The van der Waals surface area contributed by atoms with Gasteiger partial charge in [-0.05, 0) is 31.3 Å². The van der Waals surface area contributed by atoms with Crippen molar-refractivity contribution in [3.8, 4) is 17.2 Å². The van der Waals surface area contributed by atoms with Crippen LogP contribution in [-0.2, 0) is 18.7 Å². The maximum absolute atomic E-state index is 12.9. The molecule has 2 aromatic carbocycles. The maximum Gasteiger partial charge on any atom is 0.338 e. The molecule has 2 atom stereocenters. The molecular weight excluding hydrogens is 420 g/mol. The minimum atomic E-state index is -2.73. The van der Waals surface area contributed by atoms with Crippen molar-refractivity contribution in [3.63, 3.8) is 0 Å². The van der Waals surface area contributed by atoms with Crippen LogP contribution in [0.3, 0.4) is 0 Å². The smallest absolute Gasteiger partial charge is 0.338 e. The molecule has 0 amide bonds. The van der Waals surface area contributed by atoms with E-state index in [0.29, 0.717) is 28.4 Å². The fourth-order valence-corrected chi connectivity index (χ4v) is 6.44. The third kappa shape index (κ3) is 4.10. The number of esters is 2. The average Bonchev–Trinajstić information content (AvgIpc) is 2.78. The second kappa shape index (κ2) is 8.99. The van der Waals surface area contributed by atoms with Gasteiger partial charge < -0.3 is 28.1 Å². The van der Waals surface area contributed by atoms with Crippen LogP contribution < -0.4 is 19.4 Å². The van der Waals surface area contributed by atoms with E-state index in [0.717, 1.165) is 5.19 Å². The van der Waals surface area contributed by atoms with E-state index in [1.54, 1.807) is 36.4 Å². The van der Waals surface area contributed by atoms with Gasteiger partial charge in [-0.2, -0.15) is 0 Å². The number of ether oxygens (including phenoxy) is 5. The highest BCUT2D eigenvalue weighted by molar-refractivity contribution is 6.86. The summed E-state index contributed by atoms with van der Waals surface area (Å²) in [6.07, 6.45) is -2.20. The van der Waals surface area contributed by atoms with Crippen LogP contribution in [0.15, 0.2) is 36.4 Å². The quantitative estimate of drug-likeness (QED) is 0.494. The Hall–Kier alpha value is -3.04. The summed E-state index contributed by atoms with van der Waals surface area (Å²) in [5.41, 5.74) is 0.916. The predicted molar refractivity (Wildman–Crippen MR) is 115 cm³/mol. The first-order valence-electron chi connectivity index (χ1n) is 9.64. The van der Waals surface area contributed by atoms with E-state index < -0.39 is 32.5 Å². The van der Waals surface area contributed by atoms with E-state index in [4.69, 9.17) is 28.1 Å². The van der Waals surface area contributed by atoms with E-state index >= 15 is 0 Å². The van der Waals surface area contributed by atoms with Crippen LogP contribution in [0.5, 0.6) is 17.2 Å². The third-order valence-corrected chi connectivity index (χ3v) is 7.71. The Balaban J connectivity index is 2.22. The molecule has 3 rings (SSSR count). The molecule has 31 heavy (non-hydrogen) atoms. The summed E-state index contributed by atoms with van der Waals surface area (Å²) in [5, 5.41) is 0.721. The van der Waals surface area contributed by atoms with Crippen molar-refractivity contribution in [2.75, 3.05) is 28.4 Å². The van der Waals surface area contributed by atoms with E-state index in [-0.39, 0.29) is 0 Å². The lowest BCUT2D eigenvalue weighted by Crippen LogP contribution is -2.58. The zero-order valence-electron chi connectivity index (χ0n) is 18.4. The summed E-state index contributed by atoms with van der Waals surface area (Å²) in [6, 6.07) is 10.2. The van der Waals surface area contributed by atoms with Gasteiger partial charge in [0.05, 0.1) is 34.0 Å². The molecule has 0 saturated heterocycles. The molecule has 0 unspecified atom stereocenters. The molecule has 0 fully saturated rings. The monoisotopic (exact) mass is 446 g/mol. The Morgan fingerprint density at radius 1 is 0.935 bits per heavy atom. The molecule has 0 aliphatic carbocycles. The van der Waals surface area contributed by atoms with Crippen LogP contribution >= 0.6 is 0 Å². The fraction of sp³-hybridized carbons (Fsp3) is 0.364. The van der Waals surface area contributed by atoms with Crippen molar-refractivity contribution in [1.82, 2.24) is 0 Å². The number of benzene rings is 2. The van der Waals surface area contributed by atoms with Gasteiger partial charge in [-0.25, -0.2) is 9.59 Å². The average molecular weight is 447 g/mol. The van der Waals surface area contributed by atoms with Crippen molar-refractivity contribution in [3.05, 3.63) is 47.5 Å². The van der Waals surface area contributed by atoms with Gasteiger partial charge in [-0.1, -0.05) is 18.2 Å². The third-order valence-electron chi connectivity index (χ3n) is 5.14. The van der Waals surface area contributed by atoms with Crippen LogP contribution in [0.4, 0.5) is 0 Å². The van der Waals surface area contributed by atoms with Crippen molar-refractivity contribution in [2.45, 2.75) is 25.3 Å². The number of rotatable bonds is 6. The summed E-state index contributed by atoms with van der Waals surface area (Å²) >= 11 is 0. The normalized spacial score (nSPS) is 19.0. The summed E-state index contributed by atoms with van der Waals surface area (Å²) < 4.78 is 33.7. The molecule has 1 heterocycles. The highest BCUT2D eigenvalue weighted by Crippen LogP contribution is 2.44. The Bertz CT molecular complexity index is 973. The number of hydrogen-bond donors (Lipinski definition) is 0. The van der Waals surface area contributed by atoms with Crippen LogP contribution in [0.1, 0.15) is 22.0 Å². The second-order valence-electron chi connectivity index (χ2n) is 7.37. The maximum atomic E-state index is 12.9. The van der Waals surface area contributed by atoms with Crippen LogP contribution in [-0.4, -0.2) is 54.8 Å². The van der Waals surface area contributed by atoms with Gasteiger partial charge in [0.1, 0.15) is 0 Å². The highest BCUT2D eigenvalue weighted by Gasteiger charge is 2.50. The molecule has 166 valence electrons. The molecular formula is C22H26O8Si. The number of carbonyl (C=O) groups excluding carboxylic acids is 2. The summed E-state index contributed by atoms with van der Waals surface area (Å²) in [7, 11) is 3.05. The zero-order chi connectivity index (χ0) is 22.8. The molecule has 0 saturated carbocycles. The van der Waals surface area contributed by atoms with Crippen molar-refractivity contribution >= 4 is 25.4 Å². The van der Waals surface area contributed by atoms with Crippen LogP contribution in [0, 0.1) is 0 Å². The SMILES string of the molecule is COC(=O)[C@H]1O[Si](C)(C)c2c(cc(OC)c(OC)c2OC)[C@@H]1OC(=O)c1ccccc1. The minimum absolute atomic E-state index is 0.349. The van der Waals surface area contributed by atoms with Gasteiger partial charge in [-0.15, -0.1) is 0 Å². The van der Waals surface area contributed by atoms with Gasteiger partial charge in [0.2, 0.25) is 14.1 Å². The highest BCUT2D eigenvalue weighted by atomic mass is 28.4. The lowest BCUT2D eigenvalue weighted by Gasteiger charge is -2.41. The van der Waals surface area contributed by atoms with Gasteiger partial charge in [-0.3, -0.25) is 0 Å². The molecule has 2 aromatic rings. The first-order valence-corrected chi connectivity index (χ1v) is 12.5. The van der Waals surface area contributed by atoms with Gasteiger partial charge in [0.25, 0.3) is 0 Å². The standard InChI is InChI=1S/C22H26O8Si/c1-25-15-12-14-16(29-21(23)13-10-8-7-9-11-13)19(22(24)28-4)30-31(5,6)20(14)18(27-3)17(15)26-2/h7-12,16,19H,1-6H3/t16-,19-/m0/s1. The zero-order valence-corrected chi connectivity index (χ0v) is 19.4. The predicted octanol–water partition coefficient (Wildman–Crippen LogP) is 2.59. The molecule has 0 bridgehead atoms. The second-order valence-corrected chi connectivity index (χ2v) is 11.1. The van der Waals surface area contributed by atoms with E-state index in [9.17, 15) is 9.59 Å². The van der Waals surface area contributed by atoms with Gasteiger partial charge in [0.15, 0.2) is 23.7 Å². The summed E-state index contributed by atoms with van der Waals surface area (Å²) in [6.45, 7) is 3.84. The Labute approximate surface area is 182 Å². The van der Waals surface area contributed by atoms with Crippen LogP contribution in [0.25, 0.3) is 0 Å². The lowest BCUT2D eigenvalue weighted by molar-refractivity contribution is -0.155. The fourth-order valence-electron chi connectivity index (χ4n) is 3.79. The number of carbonyl (C=O) groups is 2. The van der Waals surface area contributed by atoms with Gasteiger partial charge in [0, 0.05) is 10.8 Å².